The van der Waals surface area contributed by atoms with Gasteiger partial charge in [-0.1, -0.05) is 256 Å². The highest BCUT2D eigenvalue weighted by Crippen LogP contribution is 2.52. The lowest BCUT2D eigenvalue weighted by Crippen LogP contribution is -2.62. The van der Waals surface area contributed by atoms with Gasteiger partial charge in [0.2, 0.25) is 5.91 Å². The SMILES string of the molecule is CCCCCCCCCCCCCCC(CCCCCCCCCCCC)C(=O)O[C@H]1[C@H](OP(=O)(Oc2ccccc2)Oc2ccccc2)[C@@H](COC(=O)CCC(=O)OC)OC[C@@H]1NC(=O)C[C@H](O)CCCCCCCCCCC. The largest absolute Gasteiger partial charge is 0.588 e. The Morgan fingerprint density at radius 1 is 0.562 bits per heavy atom. The smallest absolute Gasteiger partial charge is 0.469 e. The molecular formula is C65H108NO13P. The predicted molar refractivity (Wildman–Crippen MR) is 318 cm³/mol. The third-order valence-corrected chi connectivity index (χ3v) is 16.6. The van der Waals surface area contributed by atoms with E-state index in [1.165, 1.54) is 129 Å². The number of hydrogen-bond donors (Lipinski definition) is 2. The molecule has 1 fully saturated rings. The van der Waals surface area contributed by atoms with E-state index in [0.717, 1.165) is 77.0 Å². The number of carbonyl (C=O) groups excluding carboxylic acids is 4. The standard InChI is InChI=1S/C65H108NO13P/c1-5-8-11-14-17-20-22-23-26-28-31-36-43-54(42-35-30-27-25-21-18-15-12-9-6-2)65(71)76-63-58(66-60(68)51-55(67)44-37-32-29-24-19-16-13-10-7-3)52-74-59(53-75-62(70)50-49-61(69)73-4)64(63)79-80(72,77-56-45-38-33-39-46-56)78-57-47-40-34-41-48-57/h33-34,38-41,45-48,54-55,58-59,63-64,67H,5-32,35-37,42-44,49-53H2,1-4H3,(H,66,68)/t54?,55-,58+,59-,63-,64-/m1/s1. The van der Waals surface area contributed by atoms with E-state index >= 15 is 9.36 Å². The molecule has 456 valence electrons. The summed E-state index contributed by atoms with van der Waals surface area (Å²) in [6.07, 6.45) is 32.0. The van der Waals surface area contributed by atoms with Crippen molar-refractivity contribution in [2.45, 2.75) is 289 Å². The average molecular weight is 1140 g/mol. The first-order chi connectivity index (χ1) is 39.0. The van der Waals surface area contributed by atoms with Gasteiger partial charge >= 0.3 is 25.7 Å². The summed E-state index contributed by atoms with van der Waals surface area (Å²) in [4.78, 5) is 54.1. The lowest BCUT2D eigenvalue weighted by Gasteiger charge is -2.42. The van der Waals surface area contributed by atoms with Gasteiger partial charge < -0.3 is 38.4 Å². The normalized spacial score (nSPS) is 17.1. The second-order valence-corrected chi connectivity index (χ2v) is 23.8. The number of rotatable bonds is 50. The summed E-state index contributed by atoms with van der Waals surface area (Å²) in [6.45, 7) is 6.01. The fourth-order valence-electron chi connectivity index (χ4n) is 10.4. The third kappa shape index (κ3) is 33.2. The number of amides is 1. The molecule has 2 aromatic carbocycles. The number of unbranched alkanes of at least 4 members (excludes halogenated alkanes) is 28. The number of aliphatic hydroxyl groups excluding tert-OH is 1. The van der Waals surface area contributed by atoms with E-state index in [4.69, 9.17) is 32.5 Å². The number of esters is 3. The Bertz CT molecular complexity index is 1880. The molecule has 0 aromatic heterocycles. The van der Waals surface area contributed by atoms with Gasteiger partial charge in [0.15, 0.2) is 6.10 Å². The molecule has 1 saturated heterocycles. The van der Waals surface area contributed by atoms with Gasteiger partial charge in [0.05, 0.1) is 51.0 Å². The molecule has 0 spiro atoms. The van der Waals surface area contributed by atoms with Gasteiger partial charge in [0, 0.05) is 0 Å². The number of carbonyl (C=O) groups is 4. The number of benzene rings is 2. The molecule has 2 aromatic rings. The Morgan fingerprint density at radius 3 is 1.39 bits per heavy atom. The molecule has 1 unspecified atom stereocenters. The highest BCUT2D eigenvalue weighted by molar-refractivity contribution is 7.49. The fraction of sp³-hybridized carbons (Fsp3) is 0.754. The number of ether oxygens (including phenoxy) is 4. The van der Waals surface area contributed by atoms with Crippen molar-refractivity contribution in [2.24, 2.45) is 5.92 Å². The Labute approximate surface area is 483 Å². The molecular weight excluding hydrogens is 1030 g/mol. The Morgan fingerprint density at radius 2 is 0.963 bits per heavy atom. The van der Waals surface area contributed by atoms with Crippen LogP contribution in [0.5, 0.6) is 11.5 Å². The minimum Gasteiger partial charge on any atom is -0.469 e. The summed E-state index contributed by atoms with van der Waals surface area (Å²) in [5.41, 5.74) is 0. The van der Waals surface area contributed by atoms with Crippen LogP contribution in [0.3, 0.4) is 0 Å². The minimum atomic E-state index is -4.77. The summed E-state index contributed by atoms with van der Waals surface area (Å²) in [5.74, 6) is -2.45. The summed E-state index contributed by atoms with van der Waals surface area (Å²) in [5, 5.41) is 14.1. The monoisotopic (exact) mass is 1140 g/mol. The maximum Gasteiger partial charge on any atom is 0.588 e. The first kappa shape index (κ1) is 70.3. The van der Waals surface area contributed by atoms with Crippen molar-refractivity contribution in [1.82, 2.24) is 5.32 Å². The predicted octanol–water partition coefficient (Wildman–Crippen LogP) is 16.6. The van der Waals surface area contributed by atoms with Crippen LogP contribution in [-0.4, -0.2) is 79.7 Å². The van der Waals surface area contributed by atoms with Crippen molar-refractivity contribution in [3.63, 3.8) is 0 Å². The van der Waals surface area contributed by atoms with Crippen LogP contribution in [0.1, 0.15) is 258 Å². The summed E-state index contributed by atoms with van der Waals surface area (Å²) in [7, 11) is -3.54. The molecule has 3 rings (SSSR count). The van der Waals surface area contributed by atoms with E-state index in [1.807, 2.05) is 0 Å². The van der Waals surface area contributed by atoms with Crippen molar-refractivity contribution in [3.8, 4) is 11.5 Å². The van der Waals surface area contributed by atoms with Gasteiger partial charge in [-0.15, -0.1) is 0 Å². The zero-order valence-corrected chi connectivity index (χ0v) is 51.0. The zero-order chi connectivity index (χ0) is 57.7. The highest BCUT2D eigenvalue weighted by Gasteiger charge is 2.51. The summed E-state index contributed by atoms with van der Waals surface area (Å²) < 4.78 is 57.4. The fourth-order valence-corrected chi connectivity index (χ4v) is 11.8. The zero-order valence-electron chi connectivity index (χ0n) is 50.1. The van der Waals surface area contributed by atoms with Crippen LogP contribution in [-0.2, 0) is 47.2 Å². The molecule has 14 nitrogen and oxygen atoms in total. The summed E-state index contributed by atoms with van der Waals surface area (Å²) in [6, 6.07) is 15.7. The number of methoxy groups -OCH3 is 1. The first-order valence-electron chi connectivity index (χ1n) is 31.8. The van der Waals surface area contributed by atoms with Crippen molar-refractivity contribution in [2.75, 3.05) is 20.3 Å². The topological polar surface area (TPSA) is 182 Å². The molecule has 80 heavy (non-hydrogen) atoms. The van der Waals surface area contributed by atoms with Crippen LogP contribution in [0.2, 0.25) is 0 Å². The second-order valence-electron chi connectivity index (χ2n) is 22.4. The van der Waals surface area contributed by atoms with Crippen molar-refractivity contribution < 1.29 is 61.4 Å². The van der Waals surface area contributed by atoms with Crippen LogP contribution in [0.4, 0.5) is 0 Å². The van der Waals surface area contributed by atoms with Gasteiger partial charge in [-0.25, -0.2) is 4.57 Å². The Hall–Kier alpha value is -3.97. The highest BCUT2D eigenvalue weighted by atomic mass is 31.2. The Kier molecular flexibility index (Phi) is 40.0. The molecule has 1 aliphatic rings. The van der Waals surface area contributed by atoms with Crippen LogP contribution in [0.15, 0.2) is 60.7 Å². The lowest BCUT2D eigenvalue weighted by atomic mass is 9.93. The molecule has 0 bridgehead atoms. The maximum absolute atomic E-state index is 15.3. The Balaban J connectivity index is 1.94. The third-order valence-electron chi connectivity index (χ3n) is 15.2. The minimum absolute atomic E-state index is 0.160. The van der Waals surface area contributed by atoms with Crippen molar-refractivity contribution >= 4 is 31.6 Å². The van der Waals surface area contributed by atoms with Gasteiger partial charge in [-0.05, 0) is 43.5 Å². The molecule has 15 heteroatoms. The van der Waals surface area contributed by atoms with Crippen LogP contribution < -0.4 is 14.4 Å². The molecule has 0 saturated carbocycles. The van der Waals surface area contributed by atoms with E-state index in [9.17, 15) is 19.5 Å². The number of para-hydroxylation sites is 2. The number of phosphoric acid groups is 1. The van der Waals surface area contributed by atoms with Gasteiger partial charge in [-0.2, -0.15) is 0 Å². The maximum atomic E-state index is 15.3. The molecule has 0 aliphatic carbocycles. The van der Waals surface area contributed by atoms with Crippen LogP contribution >= 0.6 is 7.82 Å². The quantitative estimate of drug-likeness (QED) is 0.0277. The van der Waals surface area contributed by atoms with E-state index in [2.05, 4.69) is 26.1 Å². The molecule has 6 atom stereocenters. The van der Waals surface area contributed by atoms with Gasteiger partial charge in [-0.3, -0.25) is 23.7 Å². The van der Waals surface area contributed by atoms with E-state index in [1.54, 1.807) is 60.7 Å². The van der Waals surface area contributed by atoms with Crippen LogP contribution in [0, 0.1) is 5.92 Å². The van der Waals surface area contributed by atoms with Gasteiger partial charge in [0.1, 0.15) is 30.3 Å². The van der Waals surface area contributed by atoms with E-state index in [0.29, 0.717) is 19.3 Å². The number of phosphoric ester groups is 1. The number of hydrogen-bond acceptors (Lipinski definition) is 13. The van der Waals surface area contributed by atoms with Crippen LogP contribution in [0.25, 0.3) is 0 Å². The first-order valence-corrected chi connectivity index (χ1v) is 33.3. The second kappa shape index (κ2) is 45.5. The molecule has 1 amide bonds. The molecule has 1 heterocycles. The van der Waals surface area contributed by atoms with Crippen molar-refractivity contribution in [1.29, 1.82) is 0 Å². The van der Waals surface area contributed by atoms with E-state index in [-0.39, 0.29) is 37.4 Å². The lowest BCUT2D eigenvalue weighted by molar-refractivity contribution is -0.195. The van der Waals surface area contributed by atoms with E-state index < -0.39 is 74.6 Å². The number of aliphatic hydroxyl groups is 1. The molecule has 1 aliphatic heterocycles. The summed E-state index contributed by atoms with van der Waals surface area (Å²) >= 11 is 0. The number of nitrogens with one attached hydrogen (secondary N) is 1. The average Bonchev–Trinajstić information content (AvgIpc) is 3.52. The van der Waals surface area contributed by atoms with Crippen molar-refractivity contribution in [3.05, 3.63) is 60.7 Å². The van der Waals surface area contributed by atoms with Gasteiger partial charge in [0.25, 0.3) is 0 Å². The molecule has 0 radical (unpaired) electrons. The molecule has 2 N–H and O–H groups in total.